The number of aromatic nitrogens is 3. The van der Waals surface area contributed by atoms with Crippen LogP contribution in [0.15, 0.2) is 23.4 Å². The van der Waals surface area contributed by atoms with Gasteiger partial charge in [-0.25, -0.2) is 4.68 Å². The van der Waals surface area contributed by atoms with Gasteiger partial charge in [0.15, 0.2) is 5.82 Å². The minimum absolute atomic E-state index is 0.154. The SMILES string of the molecule is CCCc1nnc(SCC(=O)Nc2cc(C)ccc2OC)n1N. The van der Waals surface area contributed by atoms with E-state index < -0.39 is 0 Å². The fourth-order valence-corrected chi connectivity index (χ4v) is 2.71. The molecule has 0 fully saturated rings. The van der Waals surface area contributed by atoms with Crippen LogP contribution in [0.4, 0.5) is 5.69 Å². The highest BCUT2D eigenvalue weighted by atomic mass is 32.2. The Morgan fingerprint density at radius 1 is 1.43 bits per heavy atom. The molecule has 0 aliphatic rings. The van der Waals surface area contributed by atoms with Gasteiger partial charge >= 0.3 is 0 Å². The maximum atomic E-state index is 12.1. The van der Waals surface area contributed by atoms with Crippen LogP contribution in [0.2, 0.25) is 0 Å². The van der Waals surface area contributed by atoms with Crippen molar-refractivity contribution in [1.29, 1.82) is 0 Å². The van der Waals surface area contributed by atoms with Crippen LogP contribution in [-0.4, -0.2) is 33.6 Å². The molecule has 0 atom stereocenters. The van der Waals surface area contributed by atoms with Crippen LogP contribution in [0.3, 0.4) is 0 Å². The first-order valence-electron chi connectivity index (χ1n) is 7.31. The molecule has 1 aromatic carbocycles. The number of anilines is 1. The van der Waals surface area contributed by atoms with Crippen LogP contribution in [0, 0.1) is 6.92 Å². The number of amides is 1. The van der Waals surface area contributed by atoms with Crippen LogP contribution in [0.5, 0.6) is 5.75 Å². The Balaban J connectivity index is 1.97. The van der Waals surface area contributed by atoms with E-state index in [-0.39, 0.29) is 11.7 Å². The molecule has 7 nitrogen and oxygen atoms in total. The molecule has 0 aliphatic carbocycles. The third kappa shape index (κ3) is 4.38. The van der Waals surface area contributed by atoms with Gasteiger partial charge in [-0.15, -0.1) is 10.2 Å². The van der Waals surface area contributed by atoms with Crippen molar-refractivity contribution in [2.45, 2.75) is 31.8 Å². The zero-order valence-electron chi connectivity index (χ0n) is 13.5. The standard InChI is InChI=1S/C15H21N5O2S/c1-4-5-13-18-19-15(20(13)16)23-9-14(21)17-11-8-10(2)6-7-12(11)22-3/h6-8H,4-5,9,16H2,1-3H3,(H,17,21). The number of benzene rings is 1. The summed E-state index contributed by atoms with van der Waals surface area (Å²) in [6.45, 7) is 4.00. The van der Waals surface area contributed by atoms with E-state index in [1.54, 1.807) is 7.11 Å². The Hall–Kier alpha value is -2.22. The van der Waals surface area contributed by atoms with Gasteiger partial charge in [-0.1, -0.05) is 24.8 Å². The molecule has 2 aromatic rings. The first-order valence-corrected chi connectivity index (χ1v) is 8.30. The Kier molecular flexibility index (Phi) is 5.86. The van der Waals surface area contributed by atoms with E-state index in [1.807, 2.05) is 32.0 Å². The number of nitrogens with one attached hydrogen (secondary N) is 1. The number of nitrogens with zero attached hydrogens (tertiary/aromatic N) is 3. The number of thioether (sulfide) groups is 1. The van der Waals surface area contributed by atoms with Gasteiger partial charge in [-0.3, -0.25) is 4.79 Å². The fourth-order valence-electron chi connectivity index (χ4n) is 2.04. The summed E-state index contributed by atoms with van der Waals surface area (Å²) >= 11 is 1.25. The van der Waals surface area contributed by atoms with Crippen molar-refractivity contribution < 1.29 is 9.53 Å². The van der Waals surface area contributed by atoms with Gasteiger partial charge in [-0.2, -0.15) is 0 Å². The third-order valence-corrected chi connectivity index (χ3v) is 4.11. The number of rotatable bonds is 7. The van der Waals surface area contributed by atoms with E-state index in [0.29, 0.717) is 16.6 Å². The Bertz CT molecular complexity index is 687. The molecule has 0 bridgehead atoms. The van der Waals surface area contributed by atoms with E-state index in [1.165, 1.54) is 16.4 Å². The molecule has 1 amide bonds. The van der Waals surface area contributed by atoms with Gasteiger partial charge in [0.1, 0.15) is 5.75 Å². The summed E-state index contributed by atoms with van der Waals surface area (Å²) in [4.78, 5) is 12.1. The number of aryl methyl sites for hydroxylation is 2. The van der Waals surface area contributed by atoms with E-state index in [2.05, 4.69) is 15.5 Å². The zero-order valence-corrected chi connectivity index (χ0v) is 14.3. The fraction of sp³-hybridized carbons (Fsp3) is 0.400. The van der Waals surface area contributed by atoms with Crippen molar-refractivity contribution in [1.82, 2.24) is 14.9 Å². The Morgan fingerprint density at radius 2 is 2.22 bits per heavy atom. The van der Waals surface area contributed by atoms with Crippen LogP contribution in [0.1, 0.15) is 24.7 Å². The van der Waals surface area contributed by atoms with Crippen LogP contribution < -0.4 is 15.9 Å². The van der Waals surface area contributed by atoms with E-state index in [9.17, 15) is 4.79 Å². The van der Waals surface area contributed by atoms with Gasteiger partial charge in [0.2, 0.25) is 11.1 Å². The third-order valence-electron chi connectivity index (χ3n) is 3.17. The highest BCUT2D eigenvalue weighted by molar-refractivity contribution is 7.99. The van der Waals surface area contributed by atoms with E-state index in [4.69, 9.17) is 10.6 Å². The second-order valence-electron chi connectivity index (χ2n) is 5.06. The summed E-state index contributed by atoms with van der Waals surface area (Å²) in [6.07, 6.45) is 1.70. The molecular weight excluding hydrogens is 314 g/mol. The first kappa shape index (κ1) is 17.1. The van der Waals surface area contributed by atoms with Gasteiger partial charge in [0.05, 0.1) is 18.6 Å². The minimum Gasteiger partial charge on any atom is -0.495 e. The minimum atomic E-state index is -0.154. The summed E-state index contributed by atoms with van der Waals surface area (Å²) in [5.74, 6) is 7.30. The molecule has 8 heteroatoms. The normalized spacial score (nSPS) is 10.6. The van der Waals surface area contributed by atoms with Gasteiger partial charge in [0.25, 0.3) is 0 Å². The summed E-state index contributed by atoms with van der Waals surface area (Å²) < 4.78 is 6.68. The highest BCUT2D eigenvalue weighted by Gasteiger charge is 2.13. The largest absolute Gasteiger partial charge is 0.495 e. The molecular formula is C15H21N5O2S. The van der Waals surface area contributed by atoms with Crippen LogP contribution in [0.25, 0.3) is 0 Å². The highest BCUT2D eigenvalue weighted by Crippen LogP contribution is 2.25. The smallest absolute Gasteiger partial charge is 0.234 e. The number of ether oxygens (including phenoxy) is 1. The number of nitrogen functional groups attached to an aromatic ring is 1. The second kappa shape index (κ2) is 7.87. The number of methoxy groups -OCH3 is 1. The van der Waals surface area contributed by atoms with Gasteiger partial charge < -0.3 is 15.9 Å². The summed E-state index contributed by atoms with van der Waals surface area (Å²) in [5, 5.41) is 11.4. The first-order chi connectivity index (χ1) is 11.0. The predicted molar refractivity (Wildman–Crippen MR) is 91.3 cm³/mol. The molecule has 3 N–H and O–H groups in total. The monoisotopic (exact) mass is 335 g/mol. The van der Waals surface area contributed by atoms with Crippen molar-refractivity contribution >= 4 is 23.4 Å². The average molecular weight is 335 g/mol. The predicted octanol–water partition coefficient (Wildman–Crippen LogP) is 1.99. The number of carbonyl (C=O) groups excluding carboxylic acids is 1. The quantitative estimate of drug-likeness (QED) is 0.593. The maximum absolute atomic E-state index is 12.1. The molecule has 23 heavy (non-hydrogen) atoms. The summed E-state index contributed by atoms with van der Waals surface area (Å²) in [5.41, 5.74) is 1.69. The molecule has 0 saturated carbocycles. The van der Waals surface area contributed by atoms with E-state index in [0.717, 1.165) is 24.2 Å². The Morgan fingerprint density at radius 3 is 2.91 bits per heavy atom. The number of carbonyl (C=O) groups is 1. The number of nitrogens with two attached hydrogens (primary N) is 1. The lowest BCUT2D eigenvalue weighted by Gasteiger charge is -2.10. The molecule has 1 aromatic heterocycles. The Labute approximate surface area is 139 Å². The van der Waals surface area contributed by atoms with Crippen molar-refractivity contribution in [2.75, 3.05) is 24.0 Å². The molecule has 0 aliphatic heterocycles. The van der Waals surface area contributed by atoms with Gasteiger partial charge in [-0.05, 0) is 31.0 Å². The molecule has 1 heterocycles. The molecule has 0 radical (unpaired) electrons. The summed E-state index contributed by atoms with van der Waals surface area (Å²) in [7, 11) is 1.57. The molecule has 0 unspecified atom stereocenters. The summed E-state index contributed by atoms with van der Waals surface area (Å²) in [6, 6.07) is 5.62. The van der Waals surface area contributed by atoms with Crippen molar-refractivity contribution in [3.8, 4) is 5.75 Å². The lowest BCUT2D eigenvalue weighted by atomic mass is 10.2. The number of hydrogen-bond acceptors (Lipinski definition) is 6. The number of hydrogen-bond donors (Lipinski definition) is 2. The topological polar surface area (TPSA) is 95.1 Å². The lowest BCUT2D eigenvalue weighted by molar-refractivity contribution is -0.113. The molecule has 0 spiro atoms. The molecule has 124 valence electrons. The molecule has 2 rings (SSSR count). The molecule has 0 saturated heterocycles. The van der Waals surface area contributed by atoms with Crippen LogP contribution in [-0.2, 0) is 11.2 Å². The second-order valence-corrected chi connectivity index (χ2v) is 6.00. The van der Waals surface area contributed by atoms with Crippen molar-refractivity contribution in [3.05, 3.63) is 29.6 Å². The van der Waals surface area contributed by atoms with Gasteiger partial charge in [0, 0.05) is 6.42 Å². The average Bonchev–Trinajstić information content (AvgIpc) is 2.87. The van der Waals surface area contributed by atoms with Crippen molar-refractivity contribution in [2.24, 2.45) is 0 Å². The van der Waals surface area contributed by atoms with Crippen molar-refractivity contribution in [3.63, 3.8) is 0 Å². The lowest BCUT2D eigenvalue weighted by Crippen LogP contribution is -2.17. The zero-order chi connectivity index (χ0) is 16.8. The van der Waals surface area contributed by atoms with Crippen LogP contribution >= 0.6 is 11.8 Å². The maximum Gasteiger partial charge on any atom is 0.234 e. The van der Waals surface area contributed by atoms with E-state index >= 15 is 0 Å².